The predicted octanol–water partition coefficient (Wildman–Crippen LogP) is 3.99. The highest BCUT2D eigenvalue weighted by Gasteiger charge is 2.37. The van der Waals surface area contributed by atoms with E-state index in [9.17, 15) is 4.79 Å². The van der Waals surface area contributed by atoms with Crippen LogP contribution in [0.4, 0.5) is 0 Å². The summed E-state index contributed by atoms with van der Waals surface area (Å²) in [6.45, 7) is 0.477. The number of Topliss-reactive ketones (excluding diaryl/α,β-unsaturated/α-hetero) is 1. The number of nitrogens with one attached hydrogen (secondary N) is 1. The summed E-state index contributed by atoms with van der Waals surface area (Å²) in [6.07, 6.45) is 5.81. The van der Waals surface area contributed by atoms with Crippen LogP contribution in [-0.2, 0) is 13.0 Å². The Morgan fingerprint density at radius 2 is 1.89 bits per heavy atom. The van der Waals surface area contributed by atoms with Crippen LogP contribution < -0.4 is 4.74 Å². The zero-order valence-electron chi connectivity index (χ0n) is 15.6. The van der Waals surface area contributed by atoms with Gasteiger partial charge in [0.2, 0.25) is 5.82 Å². The number of carbonyl (C=O) groups excluding carboxylic acids is 1. The third-order valence-corrected chi connectivity index (χ3v) is 6.05. The second-order valence-electron chi connectivity index (χ2n) is 7.76. The molecule has 2 aromatic carbocycles. The van der Waals surface area contributed by atoms with Crippen molar-refractivity contribution in [1.82, 2.24) is 20.6 Å². The fourth-order valence-electron chi connectivity index (χ4n) is 4.54. The van der Waals surface area contributed by atoms with Gasteiger partial charge >= 0.3 is 0 Å². The number of benzene rings is 2. The largest absolute Gasteiger partial charge is 0.489 e. The van der Waals surface area contributed by atoms with Crippen LogP contribution in [0.1, 0.15) is 47.2 Å². The summed E-state index contributed by atoms with van der Waals surface area (Å²) in [6, 6.07) is 13.8. The second kappa shape index (κ2) is 7.19. The van der Waals surface area contributed by atoms with Gasteiger partial charge in [0.05, 0.1) is 0 Å². The molecule has 1 heterocycles. The fourth-order valence-corrected chi connectivity index (χ4v) is 4.54. The maximum absolute atomic E-state index is 12.7. The topological polar surface area (TPSA) is 80.8 Å². The molecule has 0 radical (unpaired) electrons. The van der Waals surface area contributed by atoms with Gasteiger partial charge in [-0.15, -0.1) is 10.2 Å². The van der Waals surface area contributed by atoms with Crippen molar-refractivity contribution in [2.75, 3.05) is 0 Å². The van der Waals surface area contributed by atoms with E-state index in [1.54, 1.807) is 0 Å². The van der Waals surface area contributed by atoms with E-state index in [4.69, 9.17) is 4.74 Å². The Morgan fingerprint density at radius 3 is 2.64 bits per heavy atom. The maximum Gasteiger partial charge on any atom is 0.204 e. The minimum absolute atomic E-state index is 0.186. The molecule has 3 aromatic rings. The molecule has 5 rings (SSSR count). The summed E-state index contributed by atoms with van der Waals surface area (Å²) in [5.74, 6) is 2.49. The quantitative estimate of drug-likeness (QED) is 0.730. The van der Waals surface area contributed by atoms with E-state index < -0.39 is 0 Å². The number of rotatable bonds is 5. The fraction of sp³-hybridized carbons (Fsp3) is 0.364. The van der Waals surface area contributed by atoms with Gasteiger partial charge < -0.3 is 4.74 Å². The van der Waals surface area contributed by atoms with Crippen molar-refractivity contribution in [2.45, 2.75) is 38.7 Å². The lowest BCUT2D eigenvalue weighted by Gasteiger charge is -2.15. The lowest BCUT2D eigenvalue weighted by molar-refractivity contribution is 0.0894. The smallest absolute Gasteiger partial charge is 0.204 e. The molecule has 0 amide bonds. The minimum Gasteiger partial charge on any atom is -0.489 e. The number of hydrogen-bond donors (Lipinski definition) is 1. The molecule has 2 aliphatic carbocycles. The number of hydrogen-bond acceptors (Lipinski definition) is 5. The van der Waals surface area contributed by atoms with Crippen molar-refractivity contribution in [3.05, 3.63) is 59.2 Å². The van der Waals surface area contributed by atoms with E-state index >= 15 is 0 Å². The number of fused-ring (bicyclic) bond motifs is 1. The molecule has 142 valence electrons. The van der Waals surface area contributed by atoms with Gasteiger partial charge in [-0.25, -0.2) is 0 Å². The van der Waals surface area contributed by atoms with Crippen LogP contribution in [0.3, 0.4) is 0 Å². The lowest BCUT2D eigenvalue weighted by Crippen LogP contribution is -2.18. The maximum atomic E-state index is 12.7. The van der Waals surface area contributed by atoms with Crippen molar-refractivity contribution < 1.29 is 9.53 Å². The molecule has 28 heavy (non-hydrogen) atoms. The number of tetrazole rings is 1. The third-order valence-electron chi connectivity index (χ3n) is 6.05. The molecule has 0 bridgehead atoms. The molecule has 2 aliphatic rings. The summed E-state index contributed by atoms with van der Waals surface area (Å²) in [5, 5.41) is 14.0. The molecule has 1 N–H and O–H groups in total. The number of nitrogens with zero attached hydrogens (tertiary/aromatic N) is 3. The van der Waals surface area contributed by atoms with Gasteiger partial charge in [-0.2, -0.15) is 5.21 Å². The molecule has 1 fully saturated rings. The number of aromatic amines is 1. The second-order valence-corrected chi connectivity index (χ2v) is 7.76. The first kappa shape index (κ1) is 17.1. The average Bonchev–Trinajstić information content (AvgIpc) is 3.48. The highest BCUT2D eigenvalue weighted by atomic mass is 16.5. The monoisotopic (exact) mass is 374 g/mol. The van der Waals surface area contributed by atoms with E-state index in [1.807, 2.05) is 36.4 Å². The molecule has 1 saturated carbocycles. The Balaban J connectivity index is 1.25. The lowest BCUT2D eigenvalue weighted by atomic mass is 9.88. The van der Waals surface area contributed by atoms with Gasteiger partial charge in [0.1, 0.15) is 12.4 Å². The van der Waals surface area contributed by atoms with Crippen LogP contribution in [0.2, 0.25) is 0 Å². The van der Waals surface area contributed by atoms with Gasteiger partial charge in [0.25, 0.3) is 0 Å². The number of carbonyl (C=O) groups is 1. The summed E-state index contributed by atoms with van der Waals surface area (Å²) < 4.78 is 5.98. The summed E-state index contributed by atoms with van der Waals surface area (Å²) in [4.78, 5) is 12.7. The van der Waals surface area contributed by atoms with E-state index in [1.165, 1.54) is 25.7 Å². The summed E-state index contributed by atoms with van der Waals surface area (Å²) in [7, 11) is 0. The number of aromatic nitrogens is 4. The van der Waals surface area contributed by atoms with Crippen LogP contribution in [-0.4, -0.2) is 26.4 Å². The van der Waals surface area contributed by atoms with Gasteiger partial charge in [0.15, 0.2) is 5.78 Å². The first-order valence-electron chi connectivity index (χ1n) is 9.90. The van der Waals surface area contributed by atoms with Crippen LogP contribution in [0.25, 0.3) is 11.4 Å². The first-order valence-corrected chi connectivity index (χ1v) is 9.90. The van der Waals surface area contributed by atoms with Crippen LogP contribution in [0.15, 0.2) is 42.5 Å². The Hall–Kier alpha value is -3.02. The molecule has 6 heteroatoms. The number of ketones is 1. The van der Waals surface area contributed by atoms with Gasteiger partial charge in [-0.3, -0.25) is 4.79 Å². The minimum atomic E-state index is 0.186. The molecule has 0 aliphatic heterocycles. The van der Waals surface area contributed by atoms with Gasteiger partial charge in [-0.1, -0.05) is 37.1 Å². The Labute approximate surface area is 163 Å². The molecular weight excluding hydrogens is 352 g/mol. The first-order chi connectivity index (χ1) is 13.8. The third kappa shape index (κ3) is 3.19. The highest BCUT2D eigenvalue weighted by Crippen LogP contribution is 2.40. The van der Waals surface area contributed by atoms with E-state index in [0.29, 0.717) is 24.1 Å². The number of ether oxygens (including phenoxy) is 1. The molecule has 1 aromatic heterocycles. The van der Waals surface area contributed by atoms with Gasteiger partial charge in [-0.05, 0) is 59.7 Å². The highest BCUT2D eigenvalue weighted by molar-refractivity contribution is 6.02. The summed E-state index contributed by atoms with van der Waals surface area (Å²) in [5.41, 5.74) is 4.01. The SMILES string of the molecule is O=C1c2ccc(OCc3ccc(-c4nn[nH]n4)cc3)cc2CC1C1CCCC1. The van der Waals surface area contributed by atoms with Gasteiger partial charge in [0, 0.05) is 17.0 Å². The van der Waals surface area contributed by atoms with Crippen LogP contribution in [0, 0.1) is 11.8 Å². The van der Waals surface area contributed by atoms with E-state index in [2.05, 4.69) is 26.7 Å². The molecule has 1 unspecified atom stereocenters. The van der Waals surface area contributed by atoms with Crippen molar-refractivity contribution in [3.8, 4) is 17.1 Å². The molecule has 6 nitrogen and oxygen atoms in total. The van der Waals surface area contributed by atoms with E-state index in [0.717, 1.165) is 34.4 Å². The molecular formula is C22H22N4O2. The van der Waals surface area contributed by atoms with Crippen LogP contribution >= 0.6 is 0 Å². The van der Waals surface area contributed by atoms with Crippen molar-refractivity contribution in [2.24, 2.45) is 11.8 Å². The standard InChI is InChI=1S/C22H22N4O2/c27-21-19-10-9-18(11-17(19)12-20(21)15-3-1-2-4-15)28-13-14-5-7-16(8-6-14)22-23-25-26-24-22/h5-11,15,20H,1-4,12-13H2,(H,23,24,25,26). The molecule has 0 spiro atoms. The van der Waals surface area contributed by atoms with Crippen molar-refractivity contribution >= 4 is 5.78 Å². The normalized spacial score (nSPS) is 19.1. The zero-order valence-corrected chi connectivity index (χ0v) is 15.6. The Bertz CT molecular complexity index is 976. The predicted molar refractivity (Wildman–Crippen MR) is 104 cm³/mol. The van der Waals surface area contributed by atoms with Crippen molar-refractivity contribution in [1.29, 1.82) is 0 Å². The zero-order chi connectivity index (χ0) is 18.9. The Morgan fingerprint density at radius 1 is 1.07 bits per heavy atom. The average molecular weight is 374 g/mol. The van der Waals surface area contributed by atoms with E-state index in [-0.39, 0.29) is 5.92 Å². The number of H-pyrrole nitrogens is 1. The summed E-state index contributed by atoms with van der Waals surface area (Å²) >= 11 is 0. The van der Waals surface area contributed by atoms with Crippen LogP contribution in [0.5, 0.6) is 5.75 Å². The Kier molecular flexibility index (Phi) is 4.39. The molecule has 0 saturated heterocycles. The molecule has 1 atom stereocenters. The van der Waals surface area contributed by atoms with Crippen molar-refractivity contribution in [3.63, 3.8) is 0 Å².